The summed E-state index contributed by atoms with van der Waals surface area (Å²) in [6.45, 7) is 7.41. The lowest BCUT2D eigenvalue weighted by atomic mass is 9.58. The molecule has 5 nitrogen and oxygen atoms in total. The zero-order chi connectivity index (χ0) is 19.4. The van der Waals surface area contributed by atoms with E-state index in [1.54, 1.807) is 0 Å². The molecule has 0 aromatic carbocycles. The van der Waals surface area contributed by atoms with Gasteiger partial charge in [0.25, 0.3) is 0 Å². The van der Waals surface area contributed by atoms with Crippen molar-refractivity contribution in [1.82, 2.24) is 0 Å². The molecule has 2 saturated carbocycles. The predicted octanol–water partition coefficient (Wildman–Crippen LogP) is 5.18. The standard InChI is InChI=1S/C23H38O5/c1-15-9-10-19-16(2)20(24-14-12-17-7-5-4-6-8-17)25-21-23(19)18(15)11-13-22(3,26-21)27-28-23/h15-21H,4-14H2,1-3H3. The third-order valence-corrected chi connectivity index (χ3v) is 8.63. The molecule has 1 spiro atoms. The van der Waals surface area contributed by atoms with Crippen molar-refractivity contribution < 1.29 is 24.0 Å². The number of fused-ring (bicyclic) bond motifs is 2. The molecule has 2 bridgehead atoms. The maximum Gasteiger partial charge on any atom is 0.201 e. The first-order valence-corrected chi connectivity index (χ1v) is 11.8. The average Bonchev–Trinajstić information content (AvgIpc) is 2.92. The van der Waals surface area contributed by atoms with Crippen LogP contribution in [0.2, 0.25) is 0 Å². The quantitative estimate of drug-likeness (QED) is 0.615. The fourth-order valence-corrected chi connectivity index (χ4v) is 6.89. The van der Waals surface area contributed by atoms with Crippen LogP contribution in [0.1, 0.15) is 85.0 Å². The van der Waals surface area contributed by atoms with Crippen molar-refractivity contribution >= 4 is 0 Å². The maximum atomic E-state index is 6.50. The summed E-state index contributed by atoms with van der Waals surface area (Å²) >= 11 is 0. The van der Waals surface area contributed by atoms with E-state index < -0.39 is 11.4 Å². The Hall–Kier alpha value is -0.200. The van der Waals surface area contributed by atoms with E-state index in [0.29, 0.717) is 17.8 Å². The van der Waals surface area contributed by atoms with E-state index in [9.17, 15) is 0 Å². The Balaban J connectivity index is 1.31. The fraction of sp³-hybridized carbons (Fsp3) is 1.00. The Morgan fingerprint density at radius 1 is 0.929 bits per heavy atom. The number of ether oxygens (including phenoxy) is 3. The third kappa shape index (κ3) is 3.17. The van der Waals surface area contributed by atoms with E-state index >= 15 is 0 Å². The van der Waals surface area contributed by atoms with Crippen molar-refractivity contribution in [3.8, 4) is 0 Å². The molecule has 5 heteroatoms. The molecule has 6 aliphatic rings. The molecule has 6 fully saturated rings. The Kier molecular flexibility index (Phi) is 5.28. The van der Waals surface area contributed by atoms with Crippen LogP contribution in [0.15, 0.2) is 0 Å². The van der Waals surface area contributed by atoms with Crippen molar-refractivity contribution in [2.75, 3.05) is 6.61 Å². The lowest BCUT2D eigenvalue weighted by Crippen LogP contribution is -2.70. The lowest BCUT2D eigenvalue weighted by molar-refractivity contribution is -0.577. The van der Waals surface area contributed by atoms with Crippen LogP contribution in [0.25, 0.3) is 0 Å². The van der Waals surface area contributed by atoms with E-state index in [4.69, 9.17) is 24.0 Å². The topological polar surface area (TPSA) is 46.2 Å². The van der Waals surface area contributed by atoms with Gasteiger partial charge in [0.05, 0.1) is 6.61 Å². The second-order valence-electron chi connectivity index (χ2n) is 10.4. The molecule has 0 aromatic heterocycles. The molecular formula is C23H38O5. The summed E-state index contributed by atoms with van der Waals surface area (Å²) in [5.41, 5.74) is -0.476. The van der Waals surface area contributed by atoms with Gasteiger partial charge >= 0.3 is 0 Å². The van der Waals surface area contributed by atoms with Gasteiger partial charge in [0.15, 0.2) is 18.2 Å². The van der Waals surface area contributed by atoms with Crippen molar-refractivity contribution in [3.63, 3.8) is 0 Å². The van der Waals surface area contributed by atoms with Crippen LogP contribution in [0.3, 0.4) is 0 Å². The van der Waals surface area contributed by atoms with Crippen LogP contribution in [0.4, 0.5) is 0 Å². The number of rotatable bonds is 4. The first-order chi connectivity index (χ1) is 13.5. The van der Waals surface area contributed by atoms with Crippen LogP contribution < -0.4 is 0 Å². The monoisotopic (exact) mass is 394 g/mol. The van der Waals surface area contributed by atoms with Crippen LogP contribution in [0.5, 0.6) is 0 Å². The summed E-state index contributed by atoms with van der Waals surface area (Å²) < 4.78 is 19.2. The molecule has 28 heavy (non-hydrogen) atoms. The van der Waals surface area contributed by atoms with E-state index in [2.05, 4.69) is 13.8 Å². The average molecular weight is 395 g/mol. The second-order valence-corrected chi connectivity index (χ2v) is 10.4. The van der Waals surface area contributed by atoms with Crippen LogP contribution >= 0.6 is 0 Å². The summed E-state index contributed by atoms with van der Waals surface area (Å²) in [6.07, 6.45) is 11.8. The second kappa shape index (κ2) is 7.49. The van der Waals surface area contributed by atoms with Gasteiger partial charge in [-0.05, 0) is 50.4 Å². The summed E-state index contributed by atoms with van der Waals surface area (Å²) in [7, 11) is 0. The van der Waals surface area contributed by atoms with Crippen LogP contribution in [-0.4, -0.2) is 30.6 Å². The highest BCUT2D eigenvalue weighted by molar-refractivity contribution is 5.09. The van der Waals surface area contributed by atoms with Gasteiger partial charge in [0, 0.05) is 18.3 Å². The number of hydrogen-bond donors (Lipinski definition) is 0. The molecule has 0 radical (unpaired) electrons. The van der Waals surface area contributed by atoms with E-state index in [1.165, 1.54) is 38.5 Å². The highest BCUT2D eigenvalue weighted by atomic mass is 17.3. The van der Waals surface area contributed by atoms with Crippen molar-refractivity contribution in [1.29, 1.82) is 0 Å². The largest absolute Gasteiger partial charge is 0.352 e. The van der Waals surface area contributed by atoms with Crippen molar-refractivity contribution in [3.05, 3.63) is 0 Å². The molecule has 8 unspecified atom stereocenters. The van der Waals surface area contributed by atoms with Gasteiger partial charge < -0.3 is 14.2 Å². The first kappa shape index (κ1) is 19.7. The first-order valence-electron chi connectivity index (χ1n) is 11.8. The Bertz CT molecular complexity index is 563. The molecular weight excluding hydrogens is 356 g/mol. The van der Waals surface area contributed by atoms with Crippen LogP contribution in [0, 0.1) is 29.6 Å². The Labute approximate surface area is 169 Å². The van der Waals surface area contributed by atoms with Crippen molar-refractivity contribution in [2.45, 2.75) is 109 Å². The molecule has 6 rings (SSSR count). The predicted molar refractivity (Wildman–Crippen MR) is 104 cm³/mol. The van der Waals surface area contributed by atoms with E-state index in [0.717, 1.165) is 38.2 Å². The molecule has 2 aliphatic carbocycles. The normalized spacial score (nSPS) is 51.5. The van der Waals surface area contributed by atoms with E-state index in [1.807, 2.05) is 6.92 Å². The molecule has 4 aliphatic heterocycles. The van der Waals surface area contributed by atoms with Gasteiger partial charge in [-0.2, -0.15) is 0 Å². The summed E-state index contributed by atoms with van der Waals surface area (Å²) in [4.78, 5) is 12.1. The highest BCUT2D eigenvalue weighted by Crippen LogP contribution is 2.60. The van der Waals surface area contributed by atoms with Gasteiger partial charge in [-0.3, -0.25) is 0 Å². The molecule has 0 amide bonds. The SMILES string of the molecule is CC1CCC2C(C)C(OCCC3CCCCC3)OC3OC4(C)CCC1C32OO4. The van der Waals surface area contributed by atoms with E-state index in [-0.39, 0.29) is 18.5 Å². The highest BCUT2D eigenvalue weighted by Gasteiger charge is 2.69. The fourth-order valence-electron chi connectivity index (χ4n) is 6.89. The molecule has 4 heterocycles. The minimum absolute atomic E-state index is 0.204. The molecule has 8 atom stereocenters. The molecule has 0 N–H and O–H groups in total. The van der Waals surface area contributed by atoms with Gasteiger partial charge in [0.2, 0.25) is 5.79 Å². The minimum Gasteiger partial charge on any atom is -0.352 e. The lowest BCUT2D eigenvalue weighted by Gasteiger charge is -2.60. The zero-order valence-corrected chi connectivity index (χ0v) is 17.9. The zero-order valence-electron chi connectivity index (χ0n) is 17.9. The van der Waals surface area contributed by atoms with Gasteiger partial charge in [-0.15, -0.1) is 0 Å². The smallest absolute Gasteiger partial charge is 0.201 e. The Morgan fingerprint density at radius 3 is 2.57 bits per heavy atom. The summed E-state index contributed by atoms with van der Waals surface area (Å²) in [5.74, 6) is 1.80. The van der Waals surface area contributed by atoms with Gasteiger partial charge in [-0.25, -0.2) is 9.78 Å². The van der Waals surface area contributed by atoms with Gasteiger partial charge in [0.1, 0.15) is 0 Å². The Morgan fingerprint density at radius 2 is 1.75 bits per heavy atom. The molecule has 160 valence electrons. The van der Waals surface area contributed by atoms with Gasteiger partial charge in [-0.1, -0.05) is 46.0 Å². The van der Waals surface area contributed by atoms with Crippen molar-refractivity contribution in [2.24, 2.45) is 29.6 Å². The molecule has 4 saturated heterocycles. The molecule has 0 aromatic rings. The number of hydrogen-bond acceptors (Lipinski definition) is 5. The van der Waals surface area contributed by atoms with Crippen LogP contribution in [-0.2, 0) is 24.0 Å². The summed E-state index contributed by atoms with van der Waals surface area (Å²) in [6, 6.07) is 0. The maximum absolute atomic E-state index is 6.50. The summed E-state index contributed by atoms with van der Waals surface area (Å²) in [5, 5.41) is 0. The minimum atomic E-state index is -0.704. The third-order valence-electron chi connectivity index (χ3n) is 8.63.